The van der Waals surface area contributed by atoms with Crippen LogP contribution >= 0.6 is 0 Å². The first-order valence-corrected chi connectivity index (χ1v) is 10.1. The van der Waals surface area contributed by atoms with Crippen molar-refractivity contribution in [3.05, 3.63) is 0 Å². The van der Waals surface area contributed by atoms with Crippen LogP contribution in [0.15, 0.2) is 0 Å². The molecular formula is C20H37N3O4. The first-order valence-electron chi connectivity index (χ1n) is 10.1. The second-order valence-corrected chi connectivity index (χ2v) is 8.91. The van der Waals surface area contributed by atoms with E-state index < -0.39 is 5.60 Å². The van der Waals surface area contributed by atoms with E-state index in [-0.39, 0.29) is 17.9 Å². The molecule has 0 saturated carbocycles. The van der Waals surface area contributed by atoms with Gasteiger partial charge in [0, 0.05) is 57.8 Å². The lowest BCUT2D eigenvalue weighted by molar-refractivity contribution is -0.141. The Hall–Kier alpha value is -1.34. The molecule has 2 rings (SSSR count). The lowest BCUT2D eigenvalue weighted by Gasteiger charge is -2.45. The Morgan fingerprint density at radius 2 is 1.56 bits per heavy atom. The van der Waals surface area contributed by atoms with Gasteiger partial charge in [-0.05, 0) is 47.5 Å². The second kappa shape index (κ2) is 9.24. The molecule has 0 aliphatic carbocycles. The molecule has 2 aliphatic heterocycles. The number of carbonyl (C=O) groups is 2. The summed E-state index contributed by atoms with van der Waals surface area (Å²) >= 11 is 0. The minimum Gasteiger partial charge on any atom is -0.444 e. The molecule has 0 aromatic carbocycles. The summed E-state index contributed by atoms with van der Waals surface area (Å²) in [4.78, 5) is 31.4. The third-order valence-electron chi connectivity index (χ3n) is 5.46. The van der Waals surface area contributed by atoms with E-state index in [0.717, 1.165) is 19.6 Å². The Balaban J connectivity index is 1.84. The lowest BCUT2D eigenvalue weighted by Crippen LogP contribution is -2.59. The number of likely N-dealkylation sites (tertiary alicyclic amines) is 1. The van der Waals surface area contributed by atoms with Gasteiger partial charge in [-0.2, -0.15) is 0 Å². The normalized spacial score (nSPS) is 25.6. The van der Waals surface area contributed by atoms with Crippen LogP contribution in [0.2, 0.25) is 0 Å². The molecule has 7 nitrogen and oxygen atoms in total. The van der Waals surface area contributed by atoms with Crippen LogP contribution in [-0.2, 0) is 14.3 Å². The van der Waals surface area contributed by atoms with Gasteiger partial charge >= 0.3 is 6.09 Å². The minimum atomic E-state index is -0.488. The summed E-state index contributed by atoms with van der Waals surface area (Å²) in [5.74, 6) is 0.248. The number of piperidine rings is 1. The summed E-state index contributed by atoms with van der Waals surface area (Å²) in [6.45, 7) is 14.3. The molecule has 0 aromatic heterocycles. The quantitative estimate of drug-likeness (QED) is 0.745. The van der Waals surface area contributed by atoms with Gasteiger partial charge in [-0.3, -0.25) is 9.69 Å². The van der Waals surface area contributed by atoms with Gasteiger partial charge in [0.15, 0.2) is 0 Å². The van der Waals surface area contributed by atoms with Crippen molar-refractivity contribution in [1.82, 2.24) is 14.7 Å². The van der Waals surface area contributed by atoms with Crippen molar-refractivity contribution in [3.63, 3.8) is 0 Å². The van der Waals surface area contributed by atoms with Crippen LogP contribution in [-0.4, -0.2) is 90.8 Å². The number of amides is 2. The lowest BCUT2D eigenvalue weighted by atomic mass is 9.94. The summed E-state index contributed by atoms with van der Waals surface area (Å²) in [5, 5.41) is 0. The summed E-state index contributed by atoms with van der Waals surface area (Å²) in [6.07, 6.45) is 1.15. The van der Waals surface area contributed by atoms with Crippen molar-refractivity contribution in [2.24, 2.45) is 5.92 Å². The highest BCUT2D eigenvalue weighted by Crippen LogP contribution is 2.24. The van der Waals surface area contributed by atoms with Crippen LogP contribution in [0.4, 0.5) is 4.79 Å². The Labute approximate surface area is 163 Å². The van der Waals surface area contributed by atoms with Crippen LogP contribution in [0.1, 0.15) is 47.5 Å². The van der Waals surface area contributed by atoms with Gasteiger partial charge in [0.1, 0.15) is 5.60 Å². The van der Waals surface area contributed by atoms with Gasteiger partial charge in [-0.25, -0.2) is 4.79 Å². The van der Waals surface area contributed by atoms with Crippen molar-refractivity contribution >= 4 is 12.0 Å². The second-order valence-electron chi connectivity index (χ2n) is 8.91. The van der Waals surface area contributed by atoms with E-state index in [1.165, 1.54) is 0 Å². The van der Waals surface area contributed by atoms with E-state index in [9.17, 15) is 9.59 Å². The molecular weight excluding hydrogens is 346 g/mol. The largest absolute Gasteiger partial charge is 0.444 e. The Morgan fingerprint density at radius 1 is 1.00 bits per heavy atom. The van der Waals surface area contributed by atoms with Crippen molar-refractivity contribution in [3.8, 4) is 0 Å². The molecule has 2 atom stereocenters. The van der Waals surface area contributed by atoms with Gasteiger partial charge in [-0.15, -0.1) is 0 Å². The molecule has 2 heterocycles. The van der Waals surface area contributed by atoms with Crippen LogP contribution in [0.5, 0.6) is 0 Å². The molecule has 7 heteroatoms. The van der Waals surface area contributed by atoms with E-state index in [2.05, 4.69) is 18.7 Å². The summed E-state index contributed by atoms with van der Waals surface area (Å²) in [6, 6.07) is 0.657. The van der Waals surface area contributed by atoms with Crippen LogP contribution in [0, 0.1) is 5.92 Å². The predicted molar refractivity (Wildman–Crippen MR) is 105 cm³/mol. The third kappa shape index (κ3) is 6.07. The number of carbonyl (C=O) groups excluding carboxylic acids is 2. The molecule has 2 unspecified atom stereocenters. The number of piperazine rings is 1. The number of rotatable bonds is 4. The van der Waals surface area contributed by atoms with E-state index >= 15 is 0 Å². The molecule has 2 amide bonds. The Kier molecular flexibility index (Phi) is 7.51. The Morgan fingerprint density at radius 3 is 2.04 bits per heavy atom. The molecule has 0 aromatic rings. The van der Waals surface area contributed by atoms with Gasteiger partial charge in [-0.1, -0.05) is 0 Å². The standard InChI is InChI=1S/C20H37N3O4/c1-15-13-22(14-16(2)23(15)11-12-26-6)18(24)17-7-9-21(10-8-17)19(25)27-20(3,4)5/h15-17H,7-14H2,1-6H3. The topological polar surface area (TPSA) is 62.3 Å². The van der Waals surface area contributed by atoms with Crippen LogP contribution in [0.25, 0.3) is 0 Å². The maximum atomic E-state index is 13.0. The number of hydrogen-bond acceptors (Lipinski definition) is 5. The summed E-state index contributed by atoms with van der Waals surface area (Å²) in [5.41, 5.74) is -0.488. The zero-order valence-electron chi connectivity index (χ0n) is 17.9. The summed E-state index contributed by atoms with van der Waals surface area (Å²) < 4.78 is 10.6. The van der Waals surface area contributed by atoms with Gasteiger partial charge in [0.25, 0.3) is 0 Å². The maximum absolute atomic E-state index is 13.0. The fourth-order valence-electron chi connectivity index (χ4n) is 4.07. The number of ether oxygens (including phenoxy) is 2. The van der Waals surface area contributed by atoms with E-state index in [0.29, 0.717) is 44.6 Å². The van der Waals surface area contributed by atoms with Crippen molar-refractivity contribution in [2.75, 3.05) is 46.4 Å². The van der Waals surface area contributed by atoms with Crippen molar-refractivity contribution in [1.29, 1.82) is 0 Å². The molecule has 0 radical (unpaired) electrons. The zero-order chi connectivity index (χ0) is 20.2. The monoisotopic (exact) mass is 383 g/mol. The van der Waals surface area contributed by atoms with Gasteiger partial charge in [0.2, 0.25) is 5.91 Å². The molecule has 2 saturated heterocycles. The molecule has 0 bridgehead atoms. The molecule has 156 valence electrons. The number of methoxy groups -OCH3 is 1. The highest BCUT2D eigenvalue weighted by Gasteiger charge is 2.36. The van der Waals surface area contributed by atoms with Crippen LogP contribution < -0.4 is 0 Å². The SMILES string of the molecule is COCCN1C(C)CN(C(=O)C2CCN(C(=O)OC(C)(C)C)CC2)CC1C. The first kappa shape index (κ1) is 22.0. The van der Waals surface area contributed by atoms with Gasteiger partial charge < -0.3 is 19.3 Å². The van der Waals surface area contributed by atoms with Crippen molar-refractivity contribution < 1.29 is 19.1 Å². The fraction of sp³-hybridized carbons (Fsp3) is 0.900. The highest BCUT2D eigenvalue weighted by atomic mass is 16.6. The first-order chi connectivity index (χ1) is 12.6. The third-order valence-corrected chi connectivity index (χ3v) is 5.46. The highest BCUT2D eigenvalue weighted by molar-refractivity contribution is 5.79. The average Bonchev–Trinajstić information content (AvgIpc) is 2.59. The molecule has 27 heavy (non-hydrogen) atoms. The van der Waals surface area contributed by atoms with Gasteiger partial charge in [0.05, 0.1) is 6.61 Å². The van der Waals surface area contributed by atoms with Crippen molar-refractivity contribution in [2.45, 2.75) is 65.1 Å². The predicted octanol–water partition coefficient (Wildman–Crippen LogP) is 2.20. The maximum Gasteiger partial charge on any atom is 0.410 e. The van der Waals surface area contributed by atoms with E-state index in [4.69, 9.17) is 9.47 Å². The number of hydrogen-bond donors (Lipinski definition) is 0. The number of nitrogens with zero attached hydrogens (tertiary/aromatic N) is 3. The molecule has 0 N–H and O–H groups in total. The average molecular weight is 384 g/mol. The zero-order valence-corrected chi connectivity index (χ0v) is 17.9. The Bertz CT molecular complexity index is 500. The molecule has 0 spiro atoms. The van der Waals surface area contributed by atoms with E-state index in [1.54, 1.807) is 12.0 Å². The fourth-order valence-corrected chi connectivity index (χ4v) is 4.07. The molecule has 2 fully saturated rings. The summed E-state index contributed by atoms with van der Waals surface area (Å²) in [7, 11) is 1.72. The van der Waals surface area contributed by atoms with Crippen LogP contribution in [0.3, 0.4) is 0 Å². The molecule has 2 aliphatic rings. The minimum absolute atomic E-state index is 0.00797. The van der Waals surface area contributed by atoms with E-state index in [1.807, 2.05) is 25.7 Å². The smallest absolute Gasteiger partial charge is 0.410 e.